The molecule has 0 aromatic rings. The Morgan fingerprint density at radius 1 is 1.62 bits per heavy atom. The maximum Gasteiger partial charge on any atom is 0.309 e. The van der Waals surface area contributed by atoms with Crippen LogP contribution in [0.25, 0.3) is 0 Å². The lowest BCUT2D eigenvalue weighted by Gasteiger charge is -1.99. The minimum atomic E-state index is -3.45. The van der Waals surface area contributed by atoms with E-state index < -0.39 is 10.0 Å². The topological polar surface area (TPSA) is 86.5 Å². The van der Waals surface area contributed by atoms with Crippen molar-refractivity contribution in [1.29, 1.82) is 0 Å². The first kappa shape index (κ1) is 10.5. The molecule has 0 radical (unpaired) electrons. The van der Waals surface area contributed by atoms with Crippen molar-refractivity contribution >= 4 is 16.0 Å². The van der Waals surface area contributed by atoms with Gasteiger partial charge >= 0.3 is 5.97 Å². The second kappa shape index (κ2) is 3.63. The Hall–Kier alpha value is -0.620. The summed E-state index contributed by atoms with van der Waals surface area (Å²) >= 11 is 0. The molecule has 1 fully saturated rings. The fourth-order valence-corrected chi connectivity index (χ4v) is 2.23. The highest BCUT2D eigenvalue weighted by Gasteiger charge is 2.45. The summed E-state index contributed by atoms with van der Waals surface area (Å²) in [6, 6.07) is 0. The number of hydrogen-bond acceptors (Lipinski definition) is 4. The Morgan fingerprint density at radius 3 is 2.69 bits per heavy atom. The molecule has 76 valence electrons. The van der Waals surface area contributed by atoms with E-state index in [1.165, 1.54) is 0 Å². The molecule has 0 heterocycles. The van der Waals surface area contributed by atoms with E-state index in [0.29, 0.717) is 13.0 Å². The number of carbonyl (C=O) groups excluding carboxylic acids is 1. The largest absolute Gasteiger partial charge is 0.466 e. The van der Waals surface area contributed by atoms with Crippen LogP contribution in [0.4, 0.5) is 0 Å². The number of nitrogens with two attached hydrogens (primary N) is 1. The molecule has 0 saturated heterocycles. The lowest BCUT2D eigenvalue weighted by molar-refractivity contribution is -0.144. The fraction of sp³-hybridized carbons (Fsp3) is 0.857. The number of rotatable bonds is 4. The van der Waals surface area contributed by atoms with Crippen LogP contribution in [0.5, 0.6) is 0 Å². The third-order valence-corrected chi connectivity index (χ3v) is 2.85. The molecule has 0 spiro atoms. The average Bonchev–Trinajstić information content (AvgIpc) is 2.64. The van der Waals surface area contributed by atoms with Gasteiger partial charge in [0.15, 0.2) is 0 Å². The highest BCUT2D eigenvalue weighted by molar-refractivity contribution is 7.89. The van der Waals surface area contributed by atoms with Gasteiger partial charge in [0.25, 0.3) is 0 Å². The first-order valence-corrected chi connectivity index (χ1v) is 5.82. The van der Waals surface area contributed by atoms with Crippen LogP contribution in [0, 0.1) is 11.8 Å². The second-order valence-electron chi connectivity index (χ2n) is 3.18. The van der Waals surface area contributed by atoms with Gasteiger partial charge in [0.1, 0.15) is 0 Å². The zero-order chi connectivity index (χ0) is 10.1. The van der Waals surface area contributed by atoms with Crippen molar-refractivity contribution in [1.82, 2.24) is 0 Å². The van der Waals surface area contributed by atoms with Gasteiger partial charge in [-0.2, -0.15) is 0 Å². The zero-order valence-electron chi connectivity index (χ0n) is 7.39. The minimum absolute atomic E-state index is 0.115. The molecule has 0 aliphatic heterocycles. The molecule has 1 aliphatic rings. The van der Waals surface area contributed by atoms with Crippen molar-refractivity contribution in [2.24, 2.45) is 17.0 Å². The highest BCUT2D eigenvalue weighted by Crippen LogP contribution is 2.40. The minimum Gasteiger partial charge on any atom is -0.466 e. The maximum absolute atomic E-state index is 11.0. The van der Waals surface area contributed by atoms with Gasteiger partial charge in [-0.1, -0.05) is 0 Å². The molecule has 0 aromatic carbocycles. The van der Waals surface area contributed by atoms with Crippen LogP contribution < -0.4 is 5.14 Å². The zero-order valence-corrected chi connectivity index (χ0v) is 8.21. The van der Waals surface area contributed by atoms with Gasteiger partial charge in [-0.15, -0.1) is 0 Å². The van der Waals surface area contributed by atoms with Gasteiger partial charge in [0.05, 0.1) is 18.3 Å². The number of carbonyl (C=O) groups is 1. The van der Waals surface area contributed by atoms with E-state index in [1.54, 1.807) is 6.92 Å². The Morgan fingerprint density at radius 2 is 2.23 bits per heavy atom. The van der Waals surface area contributed by atoms with Crippen LogP contribution in [-0.4, -0.2) is 26.7 Å². The second-order valence-corrected chi connectivity index (χ2v) is 4.84. The summed E-state index contributed by atoms with van der Waals surface area (Å²) < 4.78 is 26.0. The summed E-state index contributed by atoms with van der Waals surface area (Å²) in [4.78, 5) is 11.0. The fourth-order valence-electron chi connectivity index (χ4n) is 1.27. The smallest absolute Gasteiger partial charge is 0.309 e. The molecule has 0 bridgehead atoms. The summed E-state index contributed by atoms with van der Waals surface area (Å²) in [5.74, 6) is -0.806. The Balaban J connectivity index is 2.35. The van der Waals surface area contributed by atoms with Crippen LogP contribution in [0.2, 0.25) is 0 Å². The van der Waals surface area contributed by atoms with Crippen LogP contribution in [0.1, 0.15) is 13.3 Å². The lowest BCUT2D eigenvalue weighted by atomic mass is 10.3. The van der Waals surface area contributed by atoms with E-state index >= 15 is 0 Å². The van der Waals surface area contributed by atoms with E-state index in [1.807, 2.05) is 0 Å². The third kappa shape index (κ3) is 3.31. The van der Waals surface area contributed by atoms with Crippen molar-refractivity contribution in [3.05, 3.63) is 0 Å². The summed E-state index contributed by atoms with van der Waals surface area (Å²) in [6.45, 7) is 2.05. The van der Waals surface area contributed by atoms with Crippen molar-refractivity contribution in [2.45, 2.75) is 13.3 Å². The Bertz CT molecular complexity index is 298. The molecule has 6 heteroatoms. The van der Waals surface area contributed by atoms with Gasteiger partial charge in [-0.3, -0.25) is 4.79 Å². The summed E-state index contributed by atoms with van der Waals surface area (Å²) in [6.07, 6.45) is 0.579. The highest BCUT2D eigenvalue weighted by atomic mass is 32.2. The van der Waals surface area contributed by atoms with Gasteiger partial charge in [0, 0.05) is 0 Å². The van der Waals surface area contributed by atoms with Gasteiger partial charge in [-0.25, -0.2) is 13.6 Å². The molecule has 5 nitrogen and oxygen atoms in total. The van der Waals surface area contributed by atoms with Crippen molar-refractivity contribution in [2.75, 3.05) is 12.4 Å². The van der Waals surface area contributed by atoms with Crippen LogP contribution in [0.3, 0.4) is 0 Å². The molecule has 0 amide bonds. The van der Waals surface area contributed by atoms with E-state index in [4.69, 9.17) is 9.88 Å². The summed E-state index contributed by atoms with van der Waals surface area (Å²) in [7, 11) is -3.45. The summed E-state index contributed by atoms with van der Waals surface area (Å²) in [5, 5.41) is 4.83. The third-order valence-electron chi connectivity index (χ3n) is 1.96. The Labute approximate surface area is 77.3 Å². The molecule has 2 atom stereocenters. The number of ether oxygens (including phenoxy) is 1. The predicted molar refractivity (Wildman–Crippen MR) is 46.2 cm³/mol. The first-order chi connectivity index (χ1) is 5.94. The maximum atomic E-state index is 11.0. The monoisotopic (exact) mass is 207 g/mol. The van der Waals surface area contributed by atoms with E-state index in [2.05, 4.69) is 0 Å². The average molecular weight is 207 g/mol. The molecule has 13 heavy (non-hydrogen) atoms. The molecule has 1 rings (SSSR count). The molecule has 1 saturated carbocycles. The number of sulfonamides is 1. The quantitative estimate of drug-likeness (QED) is 0.628. The van der Waals surface area contributed by atoms with Crippen molar-refractivity contribution in [3.8, 4) is 0 Å². The van der Waals surface area contributed by atoms with Crippen LogP contribution in [0.15, 0.2) is 0 Å². The molecule has 2 N–H and O–H groups in total. The molecule has 1 aliphatic carbocycles. The normalized spacial score (nSPS) is 26.9. The van der Waals surface area contributed by atoms with Crippen LogP contribution >= 0.6 is 0 Å². The summed E-state index contributed by atoms with van der Waals surface area (Å²) in [5.41, 5.74) is 0. The first-order valence-electron chi connectivity index (χ1n) is 4.11. The predicted octanol–water partition coefficient (Wildman–Crippen LogP) is -0.526. The molecular formula is C7H13NO4S. The van der Waals surface area contributed by atoms with E-state index in [9.17, 15) is 13.2 Å². The van der Waals surface area contributed by atoms with E-state index in [-0.39, 0.29) is 23.6 Å². The van der Waals surface area contributed by atoms with Crippen LogP contribution in [-0.2, 0) is 19.6 Å². The SMILES string of the molecule is CCOC(=O)[C@@H]1C[C@H]1CS(N)(=O)=O. The van der Waals surface area contributed by atoms with Gasteiger partial charge in [0.2, 0.25) is 10.0 Å². The van der Waals surface area contributed by atoms with E-state index in [0.717, 1.165) is 0 Å². The number of esters is 1. The number of primary sulfonamides is 1. The Kier molecular flexibility index (Phi) is 2.92. The number of hydrogen-bond donors (Lipinski definition) is 1. The molecular weight excluding hydrogens is 194 g/mol. The molecule has 0 aromatic heterocycles. The van der Waals surface area contributed by atoms with Crippen molar-refractivity contribution < 1.29 is 17.9 Å². The van der Waals surface area contributed by atoms with Gasteiger partial charge < -0.3 is 4.74 Å². The standard InChI is InChI=1S/C7H13NO4S/c1-2-12-7(9)6-3-5(6)4-13(8,10)11/h5-6H,2-4H2,1H3,(H2,8,10,11)/t5-,6+/m0/s1. The molecule has 0 unspecified atom stereocenters. The van der Waals surface area contributed by atoms with Crippen molar-refractivity contribution in [3.63, 3.8) is 0 Å². The van der Waals surface area contributed by atoms with Gasteiger partial charge in [-0.05, 0) is 19.3 Å². The lowest BCUT2D eigenvalue weighted by Crippen LogP contribution is -2.19.